The van der Waals surface area contributed by atoms with E-state index in [1.807, 2.05) is 0 Å². The number of aromatic nitrogens is 1. The molecule has 0 aliphatic heterocycles. The highest BCUT2D eigenvalue weighted by molar-refractivity contribution is 7.15. The second-order valence-electron chi connectivity index (χ2n) is 4.19. The maximum absolute atomic E-state index is 13.6. The third-order valence-corrected chi connectivity index (χ3v) is 4.08. The molecule has 0 N–H and O–H groups in total. The van der Waals surface area contributed by atoms with Gasteiger partial charge in [0, 0.05) is 22.9 Å². The summed E-state index contributed by atoms with van der Waals surface area (Å²) in [6, 6.07) is 3.39. The van der Waals surface area contributed by atoms with Crippen molar-refractivity contribution >= 4 is 17.1 Å². The van der Waals surface area contributed by atoms with Crippen LogP contribution in [-0.4, -0.2) is 10.8 Å². The summed E-state index contributed by atoms with van der Waals surface area (Å²) in [6.45, 7) is 0. The van der Waals surface area contributed by atoms with Crippen molar-refractivity contribution in [1.29, 1.82) is 0 Å². The van der Waals surface area contributed by atoms with Gasteiger partial charge in [0.15, 0.2) is 5.78 Å². The van der Waals surface area contributed by atoms with E-state index >= 15 is 0 Å². The second kappa shape index (κ2) is 4.24. The van der Waals surface area contributed by atoms with Crippen LogP contribution in [0.2, 0.25) is 0 Å². The van der Waals surface area contributed by atoms with Crippen LogP contribution in [0.1, 0.15) is 28.2 Å². The Labute approximate surface area is 106 Å². The summed E-state index contributed by atoms with van der Waals surface area (Å²) in [7, 11) is 0. The quantitative estimate of drug-likeness (QED) is 0.788. The molecule has 18 heavy (non-hydrogen) atoms. The van der Waals surface area contributed by atoms with E-state index in [4.69, 9.17) is 0 Å². The second-order valence-corrected chi connectivity index (χ2v) is 5.28. The highest BCUT2D eigenvalue weighted by Crippen LogP contribution is 2.33. The Hall–Kier alpha value is -1.62. The van der Waals surface area contributed by atoms with E-state index in [1.165, 1.54) is 23.5 Å². The Bertz CT molecular complexity index is 636. The van der Waals surface area contributed by atoms with Crippen molar-refractivity contribution in [2.24, 2.45) is 0 Å². The zero-order valence-electron chi connectivity index (χ0n) is 9.37. The molecule has 0 radical (unpaired) electrons. The Kier molecular flexibility index (Phi) is 2.70. The van der Waals surface area contributed by atoms with Gasteiger partial charge in [0.25, 0.3) is 0 Å². The molecule has 0 unspecified atom stereocenters. The molecule has 3 rings (SSSR count). The van der Waals surface area contributed by atoms with E-state index in [0.717, 1.165) is 23.8 Å². The van der Waals surface area contributed by atoms with E-state index in [0.29, 0.717) is 17.1 Å². The number of hydrogen-bond donors (Lipinski definition) is 0. The fourth-order valence-corrected chi connectivity index (χ4v) is 3.19. The Morgan fingerprint density at radius 3 is 2.78 bits per heavy atom. The normalized spacial score (nSPS) is 14.7. The molecule has 1 aliphatic rings. The molecule has 1 heterocycles. The summed E-state index contributed by atoms with van der Waals surface area (Å²) in [4.78, 5) is 16.8. The smallest absolute Gasteiger partial charge is 0.182 e. The average molecular weight is 265 g/mol. The third-order valence-electron chi connectivity index (χ3n) is 2.93. The standard InChI is InChI=1S/C13H9F2NOS/c14-7-4-5-8(9(15)6-7)13-16-12-10(17)2-1-3-11(12)18-13/h4-6H,1-3H2. The van der Waals surface area contributed by atoms with Gasteiger partial charge in [-0.15, -0.1) is 11.3 Å². The molecular weight excluding hydrogens is 256 g/mol. The molecule has 92 valence electrons. The van der Waals surface area contributed by atoms with Crippen LogP contribution in [0.4, 0.5) is 8.78 Å². The largest absolute Gasteiger partial charge is 0.292 e. The first kappa shape index (κ1) is 11.5. The van der Waals surface area contributed by atoms with Crippen LogP contribution >= 0.6 is 11.3 Å². The number of halogens is 2. The number of benzene rings is 1. The molecule has 1 aromatic carbocycles. The first-order valence-corrected chi connectivity index (χ1v) is 6.45. The minimum atomic E-state index is -0.645. The van der Waals surface area contributed by atoms with Gasteiger partial charge in [-0.05, 0) is 25.0 Å². The predicted molar refractivity (Wildman–Crippen MR) is 64.7 cm³/mol. The van der Waals surface area contributed by atoms with Crippen molar-refractivity contribution in [3.05, 3.63) is 40.4 Å². The van der Waals surface area contributed by atoms with Gasteiger partial charge < -0.3 is 0 Å². The van der Waals surface area contributed by atoms with Crippen LogP contribution in [0.5, 0.6) is 0 Å². The number of fused-ring (bicyclic) bond motifs is 1. The number of rotatable bonds is 1. The van der Waals surface area contributed by atoms with Crippen molar-refractivity contribution in [1.82, 2.24) is 4.98 Å². The lowest BCUT2D eigenvalue weighted by Crippen LogP contribution is -2.08. The average Bonchev–Trinajstić information content (AvgIpc) is 2.74. The van der Waals surface area contributed by atoms with E-state index in [-0.39, 0.29) is 11.3 Å². The van der Waals surface area contributed by atoms with Crippen molar-refractivity contribution in [3.8, 4) is 10.6 Å². The van der Waals surface area contributed by atoms with Gasteiger partial charge in [-0.1, -0.05) is 0 Å². The molecule has 1 aliphatic carbocycles. The summed E-state index contributed by atoms with van der Waals surface area (Å²) in [5.41, 5.74) is 0.716. The van der Waals surface area contributed by atoms with Crippen molar-refractivity contribution in [3.63, 3.8) is 0 Å². The summed E-state index contributed by atoms with van der Waals surface area (Å²) < 4.78 is 26.5. The number of carbonyl (C=O) groups excluding carboxylic acids is 1. The molecule has 5 heteroatoms. The summed E-state index contributed by atoms with van der Waals surface area (Å²) in [5, 5.41) is 0.452. The van der Waals surface area contributed by atoms with Crippen LogP contribution in [0.25, 0.3) is 10.6 Å². The molecular formula is C13H9F2NOS. The van der Waals surface area contributed by atoms with E-state index in [9.17, 15) is 13.6 Å². The molecule has 0 saturated carbocycles. The Balaban J connectivity index is 2.10. The fourth-order valence-electron chi connectivity index (χ4n) is 2.05. The van der Waals surface area contributed by atoms with Crippen molar-refractivity contribution in [2.45, 2.75) is 19.3 Å². The number of thiazole rings is 1. The van der Waals surface area contributed by atoms with Crippen LogP contribution in [0, 0.1) is 11.6 Å². The minimum absolute atomic E-state index is 0.0151. The molecule has 0 fully saturated rings. The molecule has 0 spiro atoms. The van der Waals surface area contributed by atoms with Crippen molar-refractivity contribution < 1.29 is 13.6 Å². The lowest BCUT2D eigenvalue weighted by molar-refractivity contribution is 0.0968. The number of hydrogen-bond acceptors (Lipinski definition) is 3. The molecule has 1 aromatic heterocycles. The third kappa shape index (κ3) is 1.84. The molecule has 0 bridgehead atoms. The molecule has 2 nitrogen and oxygen atoms in total. The van der Waals surface area contributed by atoms with Gasteiger partial charge in [-0.2, -0.15) is 0 Å². The summed E-state index contributed by atoms with van der Waals surface area (Å²) >= 11 is 1.32. The van der Waals surface area contributed by atoms with E-state index < -0.39 is 11.6 Å². The van der Waals surface area contributed by atoms with Gasteiger partial charge in [-0.25, -0.2) is 13.8 Å². The zero-order valence-corrected chi connectivity index (χ0v) is 10.2. The number of aryl methyl sites for hydroxylation is 1. The Morgan fingerprint density at radius 1 is 1.22 bits per heavy atom. The van der Waals surface area contributed by atoms with Crippen LogP contribution < -0.4 is 0 Å². The van der Waals surface area contributed by atoms with Crippen LogP contribution in [0.15, 0.2) is 18.2 Å². The van der Waals surface area contributed by atoms with Gasteiger partial charge in [0.1, 0.15) is 22.3 Å². The van der Waals surface area contributed by atoms with Gasteiger partial charge in [0.05, 0.1) is 0 Å². The maximum atomic E-state index is 13.6. The van der Waals surface area contributed by atoms with E-state index in [1.54, 1.807) is 0 Å². The maximum Gasteiger partial charge on any atom is 0.182 e. The van der Waals surface area contributed by atoms with Crippen molar-refractivity contribution in [2.75, 3.05) is 0 Å². The van der Waals surface area contributed by atoms with Gasteiger partial charge >= 0.3 is 0 Å². The van der Waals surface area contributed by atoms with Gasteiger partial charge in [0.2, 0.25) is 0 Å². The lowest BCUT2D eigenvalue weighted by Gasteiger charge is -2.06. The number of nitrogens with zero attached hydrogens (tertiary/aromatic N) is 1. The molecule has 2 aromatic rings. The SMILES string of the molecule is O=C1CCCc2sc(-c3ccc(F)cc3F)nc21. The number of carbonyl (C=O) groups is 1. The summed E-state index contributed by atoms with van der Waals surface area (Å²) in [6.07, 6.45) is 2.13. The minimum Gasteiger partial charge on any atom is -0.292 e. The van der Waals surface area contributed by atoms with Crippen LogP contribution in [0.3, 0.4) is 0 Å². The monoisotopic (exact) mass is 265 g/mol. The summed E-state index contributed by atoms with van der Waals surface area (Å²) in [5.74, 6) is -1.25. The van der Waals surface area contributed by atoms with Crippen LogP contribution in [-0.2, 0) is 6.42 Å². The van der Waals surface area contributed by atoms with Gasteiger partial charge in [-0.3, -0.25) is 4.79 Å². The lowest BCUT2D eigenvalue weighted by atomic mass is 10.0. The highest BCUT2D eigenvalue weighted by atomic mass is 32.1. The highest BCUT2D eigenvalue weighted by Gasteiger charge is 2.23. The topological polar surface area (TPSA) is 30.0 Å². The number of Topliss-reactive ketones (excluding diaryl/α,β-unsaturated/α-hetero) is 1. The molecule has 0 saturated heterocycles. The molecule has 0 amide bonds. The first-order valence-electron chi connectivity index (χ1n) is 5.63. The molecule has 0 atom stereocenters. The fraction of sp³-hybridized carbons (Fsp3) is 0.231. The predicted octanol–water partition coefficient (Wildman–Crippen LogP) is 3.61. The number of ketones is 1. The first-order chi connectivity index (χ1) is 8.65. The zero-order chi connectivity index (χ0) is 12.7. The Morgan fingerprint density at radius 2 is 2.06 bits per heavy atom. The van der Waals surface area contributed by atoms with E-state index in [2.05, 4.69) is 4.98 Å².